The van der Waals surface area contributed by atoms with E-state index >= 15 is 0 Å². The van der Waals surface area contributed by atoms with Crippen LogP contribution in [0.3, 0.4) is 0 Å². The maximum atomic E-state index is 11.2. The zero-order chi connectivity index (χ0) is 15.9. The monoisotopic (exact) mass is 303 g/mol. The molecule has 0 bridgehead atoms. The summed E-state index contributed by atoms with van der Waals surface area (Å²) in [5.41, 5.74) is 2.45. The number of aryl methyl sites for hydroxylation is 1. The number of rotatable bonds is 3. The Labute approximate surface area is 132 Å². The summed E-state index contributed by atoms with van der Waals surface area (Å²) >= 11 is 0. The molecule has 2 atom stereocenters. The molecule has 0 aliphatic carbocycles. The van der Waals surface area contributed by atoms with Gasteiger partial charge in [0.15, 0.2) is 0 Å². The third kappa shape index (κ3) is 2.72. The molecular weight excluding hydrogens is 278 g/mol. The molecule has 2 unspecified atom stereocenters. The first-order valence-corrected chi connectivity index (χ1v) is 8.19. The molecule has 1 fully saturated rings. The lowest BCUT2D eigenvalue weighted by Crippen LogP contribution is -2.45. The lowest BCUT2D eigenvalue weighted by Gasteiger charge is -2.36. The molecule has 2 heterocycles. The van der Waals surface area contributed by atoms with E-state index in [0.717, 1.165) is 31.6 Å². The van der Waals surface area contributed by atoms with E-state index in [2.05, 4.69) is 32.0 Å². The van der Waals surface area contributed by atoms with Crippen LogP contribution in [0.25, 0.3) is 0 Å². The van der Waals surface area contributed by atoms with Gasteiger partial charge in [-0.3, -0.25) is 9.69 Å². The molecule has 22 heavy (non-hydrogen) atoms. The van der Waals surface area contributed by atoms with Crippen LogP contribution in [0.15, 0.2) is 18.2 Å². The second-order valence-electron chi connectivity index (χ2n) is 7.04. The first-order chi connectivity index (χ1) is 10.4. The van der Waals surface area contributed by atoms with E-state index in [1.54, 1.807) is 6.92 Å². The number of nitrogens with zero attached hydrogens (tertiary/aromatic N) is 1. The van der Waals surface area contributed by atoms with E-state index < -0.39 is 12.0 Å². The van der Waals surface area contributed by atoms with E-state index in [1.165, 1.54) is 11.1 Å². The van der Waals surface area contributed by atoms with Crippen molar-refractivity contribution in [2.24, 2.45) is 0 Å². The lowest BCUT2D eigenvalue weighted by molar-refractivity contribution is -0.142. The van der Waals surface area contributed by atoms with E-state index in [4.69, 9.17) is 4.74 Å². The highest BCUT2D eigenvalue weighted by Crippen LogP contribution is 2.40. The number of likely N-dealkylation sites (tertiary alicyclic amines) is 1. The van der Waals surface area contributed by atoms with Gasteiger partial charge in [-0.1, -0.05) is 26.0 Å². The molecule has 1 aromatic rings. The number of carbonyl (C=O) groups is 1. The Kier molecular flexibility index (Phi) is 3.89. The van der Waals surface area contributed by atoms with Gasteiger partial charge >= 0.3 is 5.97 Å². The van der Waals surface area contributed by atoms with Gasteiger partial charge in [-0.2, -0.15) is 0 Å². The Morgan fingerprint density at radius 2 is 2.09 bits per heavy atom. The molecule has 1 N–H and O–H groups in total. The lowest BCUT2D eigenvalue weighted by atomic mass is 9.88. The average Bonchev–Trinajstić information content (AvgIpc) is 2.89. The molecule has 0 aromatic heterocycles. The summed E-state index contributed by atoms with van der Waals surface area (Å²) in [4.78, 5) is 13.2. The number of carboxylic acids is 1. The summed E-state index contributed by atoms with van der Waals surface area (Å²) in [7, 11) is 0. The number of hydrogen-bond acceptors (Lipinski definition) is 3. The van der Waals surface area contributed by atoms with Crippen molar-refractivity contribution >= 4 is 5.97 Å². The van der Waals surface area contributed by atoms with Gasteiger partial charge in [-0.05, 0) is 42.9 Å². The topological polar surface area (TPSA) is 49.8 Å². The van der Waals surface area contributed by atoms with E-state index in [-0.39, 0.29) is 5.60 Å². The van der Waals surface area contributed by atoms with Crippen LogP contribution < -0.4 is 4.74 Å². The molecule has 3 rings (SSSR count). The van der Waals surface area contributed by atoms with Crippen LogP contribution in [0, 0.1) is 0 Å². The summed E-state index contributed by atoms with van der Waals surface area (Å²) in [6.45, 7) is 7.68. The Bertz CT molecular complexity index is 584. The number of aliphatic carboxylic acids is 1. The zero-order valence-corrected chi connectivity index (χ0v) is 13.6. The maximum absolute atomic E-state index is 11.2. The fourth-order valence-corrected chi connectivity index (χ4v) is 3.55. The van der Waals surface area contributed by atoms with Gasteiger partial charge in [0, 0.05) is 19.5 Å². The van der Waals surface area contributed by atoms with Gasteiger partial charge in [-0.25, -0.2) is 0 Å². The normalized spacial score (nSPS) is 26.0. The summed E-state index contributed by atoms with van der Waals surface area (Å²) < 4.78 is 6.34. The van der Waals surface area contributed by atoms with Gasteiger partial charge < -0.3 is 9.84 Å². The fraction of sp³-hybridized carbons (Fsp3) is 0.611. The summed E-state index contributed by atoms with van der Waals surface area (Å²) in [6, 6.07) is 6.07. The molecule has 0 amide bonds. The van der Waals surface area contributed by atoms with Crippen molar-refractivity contribution in [1.29, 1.82) is 0 Å². The standard InChI is InChI=1S/C18H25NO3/c1-12(2)14-4-5-16-15(10-14)6-7-18(22-16)8-9-19(11-18)13(3)17(20)21/h4-5,10,12-13H,6-9,11H2,1-3H3,(H,20,21). The molecule has 1 spiro atoms. The first kappa shape index (κ1) is 15.3. The average molecular weight is 303 g/mol. The molecule has 0 radical (unpaired) electrons. The van der Waals surface area contributed by atoms with E-state index in [9.17, 15) is 9.90 Å². The van der Waals surface area contributed by atoms with Crippen LogP contribution in [-0.4, -0.2) is 40.7 Å². The van der Waals surface area contributed by atoms with Crippen molar-refractivity contribution in [3.05, 3.63) is 29.3 Å². The summed E-state index contributed by atoms with van der Waals surface area (Å²) in [5, 5.41) is 9.19. The number of hydrogen-bond donors (Lipinski definition) is 1. The molecule has 4 heteroatoms. The minimum Gasteiger partial charge on any atom is -0.486 e. The molecular formula is C18H25NO3. The molecule has 4 nitrogen and oxygen atoms in total. The number of fused-ring (bicyclic) bond motifs is 1. The van der Waals surface area contributed by atoms with Crippen molar-refractivity contribution in [2.75, 3.05) is 13.1 Å². The Morgan fingerprint density at radius 1 is 1.32 bits per heavy atom. The van der Waals surface area contributed by atoms with Crippen LogP contribution in [0.2, 0.25) is 0 Å². The van der Waals surface area contributed by atoms with Crippen molar-refractivity contribution in [1.82, 2.24) is 4.90 Å². The largest absolute Gasteiger partial charge is 0.486 e. The van der Waals surface area contributed by atoms with Crippen LogP contribution in [0.5, 0.6) is 5.75 Å². The zero-order valence-electron chi connectivity index (χ0n) is 13.6. The molecule has 0 saturated carbocycles. The van der Waals surface area contributed by atoms with Crippen LogP contribution in [0.1, 0.15) is 50.7 Å². The van der Waals surface area contributed by atoms with Crippen molar-refractivity contribution in [3.8, 4) is 5.75 Å². The van der Waals surface area contributed by atoms with E-state index in [0.29, 0.717) is 12.5 Å². The Morgan fingerprint density at radius 3 is 2.77 bits per heavy atom. The van der Waals surface area contributed by atoms with Crippen molar-refractivity contribution < 1.29 is 14.6 Å². The number of benzene rings is 1. The van der Waals surface area contributed by atoms with Gasteiger partial charge in [0.05, 0.1) is 0 Å². The predicted octanol–water partition coefficient (Wildman–Crippen LogP) is 3.05. The second-order valence-corrected chi connectivity index (χ2v) is 7.04. The Balaban J connectivity index is 1.76. The third-order valence-corrected chi connectivity index (χ3v) is 5.18. The van der Waals surface area contributed by atoms with Gasteiger partial charge in [0.1, 0.15) is 17.4 Å². The number of carboxylic acid groups (broad SMARTS) is 1. The van der Waals surface area contributed by atoms with Gasteiger partial charge in [0.2, 0.25) is 0 Å². The Hall–Kier alpha value is -1.55. The number of ether oxygens (including phenoxy) is 1. The van der Waals surface area contributed by atoms with Crippen molar-refractivity contribution in [2.45, 2.75) is 57.6 Å². The first-order valence-electron chi connectivity index (χ1n) is 8.19. The van der Waals surface area contributed by atoms with Crippen LogP contribution in [0.4, 0.5) is 0 Å². The molecule has 1 aromatic carbocycles. The quantitative estimate of drug-likeness (QED) is 0.932. The molecule has 2 aliphatic heterocycles. The highest BCUT2D eigenvalue weighted by atomic mass is 16.5. The highest BCUT2D eigenvalue weighted by molar-refractivity contribution is 5.73. The van der Waals surface area contributed by atoms with Gasteiger partial charge in [0.25, 0.3) is 0 Å². The SMILES string of the molecule is CC(C)c1ccc2c(c1)CCC1(CCN(C(C)C(=O)O)C1)O2. The minimum atomic E-state index is -0.755. The predicted molar refractivity (Wildman–Crippen MR) is 85.5 cm³/mol. The van der Waals surface area contributed by atoms with Crippen LogP contribution >= 0.6 is 0 Å². The fourth-order valence-electron chi connectivity index (χ4n) is 3.55. The highest BCUT2D eigenvalue weighted by Gasteiger charge is 2.44. The smallest absolute Gasteiger partial charge is 0.320 e. The van der Waals surface area contributed by atoms with Crippen molar-refractivity contribution in [3.63, 3.8) is 0 Å². The summed E-state index contributed by atoms with van der Waals surface area (Å²) in [5.74, 6) is 0.759. The minimum absolute atomic E-state index is 0.198. The van der Waals surface area contributed by atoms with E-state index in [1.807, 2.05) is 4.90 Å². The maximum Gasteiger partial charge on any atom is 0.320 e. The molecule has 120 valence electrons. The second kappa shape index (κ2) is 5.58. The summed E-state index contributed by atoms with van der Waals surface area (Å²) in [6.07, 6.45) is 2.91. The van der Waals surface area contributed by atoms with Crippen LogP contribution in [-0.2, 0) is 11.2 Å². The third-order valence-electron chi connectivity index (χ3n) is 5.18. The van der Waals surface area contributed by atoms with Gasteiger partial charge in [-0.15, -0.1) is 0 Å². The molecule has 2 aliphatic rings. The molecule has 1 saturated heterocycles.